The van der Waals surface area contributed by atoms with Crippen molar-refractivity contribution in [3.63, 3.8) is 0 Å². The summed E-state index contributed by atoms with van der Waals surface area (Å²) in [4.78, 5) is 23.3. The van der Waals surface area contributed by atoms with Crippen LogP contribution in [0.3, 0.4) is 0 Å². The van der Waals surface area contributed by atoms with Gasteiger partial charge < -0.3 is 14.6 Å². The molecule has 0 aliphatic heterocycles. The zero-order valence-electron chi connectivity index (χ0n) is 16.4. The molecule has 1 heterocycles. The normalized spacial score (nSPS) is 8.60. The van der Waals surface area contributed by atoms with Crippen molar-refractivity contribution in [1.82, 2.24) is 4.37 Å². The summed E-state index contributed by atoms with van der Waals surface area (Å²) < 4.78 is 13.7. The lowest BCUT2D eigenvalue weighted by atomic mass is 10.2. The van der Waals surface area contributed by atoms with Crippen LogP contribution >= 0.6 is 11.5 Å². The number of esters is 1. The van der Waals surface area contributed by atoms with Crippen LogP contribution in [0.15, 0.2) is 0 Å². The van der Waals surface area contributed by atoms with Gasteiger partial charge in [0.15, 0.2) is 5.82 Å². The van der Waals surface area contributed by atoms with Gasteiger partial charge in [-0.15, -0.1) is 0 Å². The number of hydrogen-bond acceptors (Lipinski definition) is 7. The first kappa shape index (κ1) is 31.1. The summed E-state index contributed by atoms with van der Waals surface area (Å²) in [6, 6.07) is 0. The number of carbonyl (C=O) groups is 2. The molecule has 25 heavy (non-hydrogen) atoms. The maximum absolute atomic E-state index is 11.5. The molecule has 0 atom stereocenters. The Kier molecular flexibility index (Phi) is 21.4. The highest BCUT2D eigenvalue weighted by Crippen LogP contribution is 2.23. The SMILES string of the molecule is C.CC.CC.CO.COC(=O)c1snc(NC(=O)OC(C)(C)C)c1C. The van der Waals surface area contributed by atoms with E-state index in [-0.39, 0.29) is 7.43 Å². The van der Waals surface area contributed by atoms with Crippen LogP contribution in [0.5, 0.6) is 0 Å². The van der Waals surface area contributed by atoms with Crippen LogP contribution in [0.25, 0.3) is 0 Å². The summed E-state index contributed by atoms with van der Waals surface area (Å²) >= 11 is 0.974. The van der Waals surface area contributed by atoms with Crippen molar-refractivity contribution in [3.8, 4) is 0 Å². The Hall–Kier alpha value is -1.67. The molecule has 1 aromatic rings. The maximum atomic E-state index is 11.5. The van der Waals surface area contributed by atoms with E-state index in [2.05, 4.69) is 14.4 Å². The lowest BCUT2D eigenvalue weighted by Crippen LogP contribution is -2.27. The summed E-state index contributed by atoms with van der Waals surface area (Å²) in [6.45, 7) is 15.0. The molecule has 0 bridgehead atoms. The van der Waals surface area contributed by atoms with Crippen molar-refractivity contribution in [3.05, 3.63) is 10.4 Å². The predicted octanol–water partition coefficient (Wildman–Crippen LogP) is 4.88. The van der Waals surface area contributed by atoms with Gasteiger partial charge in [-0.2, -0.15) is 4.37 Å². The average molecular weight is 381 g/mol. The van der Waals surface area contributed by atoms with Crippen LogP contribution in [0.4, 0.5) is 10.6 Å². The zero-order chi connectivity index (χ0) is 19.9. The second-order valence-electron chi connectivity index (χ2n) is 4.60. The Morgan fingerprint density at radius 2 is 1.56 bits per heavy atom. The van der Waals surface area contributed by atoms with Crippen LogP contribution in [-0.2, 0) is 9.47 Å². The van der Waals surface area contributed by atoms with E-state index >= 15 is 0 Å². The predicted molar refractivity (Wildman–Crippen MR) is 106 cm³/mol. The van der Waals surface area contributed by atoms with E-state index < -0.39 is 17.7 Å². The Bertz CT molecular complexity index is 468. The number of aliphatic hydroxyl groups is 1. The Labute approximate surface area is 156 Å². The van der Waals surface area contributed by atoms with Crippen molar-refractivity contribution in [2.45, 2.75) is 68.4 Å². The minimum Gasteiger partial charge on any atom is -0.465 e. The quantitative estimate of drug-likeness (QED) is 0.709. The first-order chi connectivity index (χ1) is 11.2. The fourth-order valence-corrected chi connectivity index (χ4v) is 1.89. The Balaban J connectivity index is -0.000000284. The number of amides is 1. The van der Waals surface area contributed by atoms with E-state index in [9.17, 15) is 9.59 Å². The average Bonchev–Trinajstić information content (AvgIpc) is 2.91. The van der Waals surface area contributed by atoms with Gasteiger partial charge in [0.05, 0.1) is 7.11 Å². The molecule has 0 spiro atoms. The fraction of sp³-hybridized carbons (Fsp3) is 0.706. The summed E-state index contributed by atoms with van der Waals surface area (Å²) in [7, 11) is 2.29. The summed E-state index contributed by atoms with van der Waals surface area (Å²) in [5, 5.41) is 9.50. The fourth-order valence-electron chi connectivity index (χ4n) is 1.14. The van der Waals surface area contributed by atoms with Crippen LogP contribution in [0, 0.1) is 6.92 Å². The monoisotopic (exact) mass is 380 g/mol. The first-order valence-electron chi connectivity index (χ1n) is 7.74. The van der Waals surface area contributed by atoms with Crippen molar-refractivity contribution >= 4 is 29.4 Å². The Morgan fingerprint density at radius 3 is 1.92 bits per heavy atom. The number of aliphatic hydroxyl groups excluding tert-OH is 1. The van der Waals surface area contributed by atoms with E-state index in [0.29, 0.717) is 16.3 Å². The molecule has 150 valence electrons. The van der Waals surface area contributed by atoms with Gasteiger partial charge in [-0.25, -0.2) is 9.59 Å². The van der Waals surface area contributed by atoms with Gasteiger partial charge in [-0.05, 0) is 39.2 Å². The van der Waals surface area contributed by atoms with Gasteiger partial charge in [0.1, 0.15) is 10.5 Å². The molecular weight excluding hydrogens is 344 g/mol. The van der Waals surface area contributed by atoms with Gasteiger partial charge >= 0.3 is 12.1 Å². The molecule has 0 aliphatic rings. The summed E-state index contributed by atoms with van der Waals surface area (Å²) in [6.07, 6.45) is -0.604. The van der Waals surface area contributed by atoms with Crippen LogP contribution in [0.1, 0.15) is 71.1 Å². The standard InChI is InChI=1S/C11H16N2O4S.2C2H6.CH4O.CH4/c1-6-7(9(14)16-5)18-13-8(6)12-10(15)17-11(2,3)4;3*1-2;/h1-5H3,(H,12,13,15);2*1-2H3;2H,1H3;1H4. The minimum absolute atomic E-state index is 0. The summed E-state index contributed by atoms with van der Waals surface area (Å²) in [5.41, 5.74) is -0.0168. The lowest BCUT2D eigenvalue weighted by molar-refractivity contribution is 0.0600. The highest BCUT2D eigenvalue weighted by molar-refractivity contribution is 7.08. The van der Waals surface area contributed by atoms with E-state index in [4.69, 9.17) is 9.84 Å². The third-order valence-electron chi connectivity index (χ3n) is 1.91. The lowest BCUT2D eigenvalue weighted by Gasteiger charge is -2.19. The molecule has 2 N–H and O–H groups in total. The van der Waals surface area contributed by atoms with Gasteiger partial charge in [0, 0.05) is 12.7 Å². The number of methoxy groups -OCH3 is 1. The third-order valence-corrected chi connectivity index (χ3v) is 2.84. The first-order valence-corrected chi connectivity index (χ1v) is 8.51. The number of carbonyl (C=O) groups excluding carboxylic acids is 2. The number of rotatable bonds is 2. The van der Waals surface area contributed by atoms with E-state index in [1.807, 2.05) is 27.7 Å². The van der Waals surface area contributed by atoms with Gasteiger partial charge in [0.25, 0.3) is 0 Å². The van der Waals surface area contributed by atoms with Crippen molar-refractivity contribution < 1.29 is 24.2 Å². The van der Waals surface area contributed by atoms with Crippen molar-refractivity contribution in [2.75, 3.05) is 19.5 Å². The molecule has 7 nitrogen and oxygen atoms in total. The summed E-state index contributed by atoms with van der Waals surface area (Å²) in [5.74, 6) is -0.156. The maximum Gasteiger partial charge on any atom is 0.413 e. The number of ether oxygens (including phenoxy) is 2. The molecule has 0 saturated heterocycles. The van der Waals surface area contributed by atoms with Crippen molar-refractivity contribution in [2.24, 2.45) is 0 Å². The molecule has 1 amide bonds. The van der Waals surface area contributed by atoms with Gasteiger partial charge in [-0.1, -0.05) is 35.1 Å². The topological polar surface area (TPSA) is 97.8 Å². The highest BCUT2D eigenvalue weighted by atomic mass is 32.1. The van der Waals surface area contributed by atoms with Crippen molar-refractivity contribution in [1.29, 1.82) is 0 Å². The van der Waals surface area contributed by atoms with Gasteiger partial charge in [-0.3, -0.25) is 5.32 Å². The van der Waals surface area contributed by atoms with Crippen LogP contribution in [-0.4, -0.2) is 41.4 Å². The molecule has 8 heteroatoms. The molecule has 0 saturated carbocycles. The molecule has 1 aromatic heterocycles. The number of nitrogens with one attached hydrogen (secondary N) is 1. The molecular formula is C17H36N2O5S. The second-order valence-corrected chi connectivity index (χ2v) is 5.38. The number of anilines is 1. The molecule has 0 unspecified atom stereocenters. The largest absolute Gasteiger partial charge is 0.465 e. The highest BCUT2D eigenvalue weighted by Gasteiger charge is 2.21. The van der Waals surface area contributed by atoms with Gasteiger partial charge in [0.2, 0.25) is 0 Å². The molecule has 0 fully saturated rings. The smallest absolute Gasteiger partial charge is 0.413 e. The number of hydrogen-bond donors (Lipinski definition) is 2. The van der Waals surface area contributed by atoms with Crippen LogP contribution in [0.2, 0.25) is 0 Å². The van der Waals surface area contributed by atoms with E-state index in [1.54, 1.807) is 27.7 Å². The van der Waals surface area contributed by atoms with E-state index in [1.165, 1.54) is 7.11 Å². The molecule has 0 radical (unpaired) electrons. The minimum atomic E-state index is -0.604. The van der Waals surface area contributed by atoms with E-state index in [0.717, 1.165) is 18.6 Å². The molecule has 1 rings (SSSR count). The number of nitrogens with zero attached hydrogens (tertiary/aromatic N) is 1. The molecule has 0 aliphatic carbocycles. The number of aromatic nitrogens is 1. The Morgan fingerprint density at radius 1 is 1.12 bits per heavy atom. The zero-order valence-corrected chi connectivity index (χ0v) is 17.3. The molecule has 0 aromatic carbocycles. The second kappa shape index (κ2) is 17.2. The third kappa shape index (κ3) is 13.3. The van der Waals surface area contributed by atoms with Crippen LogP contribution < -0.4 is 5.32 Å².